The number of H-pyrrole nitrogens is 1. The number of nitrogens with one attached hydrogen (secondary N) is 1. The van der Waals surface area contributed by atoms with E-state index in [1.54, 1.807) is 6.20 Å². The summed E-state index contributed by atoms with van der Waals surface area (Å²) >= 11 is 0. The topological polar surface area (TPSA) is 121 Å². The maximum Gasteiger partial charge on any atom is 0.240 e. The lowest BCUT2D eigenvalue weighted by molar-refractivity contribution is -0.147. The molecule has 1 aliphatic rings. The van der Waals surface area contributed by atoms with E-state index in [2.05, 4.69) is 34.2 Å². The molecule has 0 aliphatic carbocycles. The van der Waals surface area contributed by atoms with Gasteiger partial charge in [-0.3, -0.25) is 9.59 Å². The zero-order valence-electron chi connectivity index (χ0n) is 22.3. The van der Waals surface area contributed by atoms with E-state index in [9.17, 15) is 9.59 Å². The van der Waals surface area contributed by atoms with Crippen molar-refractivity contribution >= 4 is 28.5 Å². The summed E-state index contributed by atoms with van der Waals surface area (Å²) in [6, 6.07) is 23.2. The fraction of sp³-hybridized carbons (Fsp3) is 0.323. The van der Waals surface area contributed by atoms with Crippen LogP contribution < -0.4 is 11.5 Å². The Morgan fingerprint density at radius 2 is 1.72 bits per heavy atom. The molecule has 0 bridgehead atoms. The summed E-state index contributed by atoms with van der Waals surface area (Å²) in [6.07, 6.45) is 3.84. The van der Waals surface area contributed by atoms with E-state index in [-0.39, 0.29) is 23.9 Å². The Kier molecular flexibility index (Phi) is 7.93. The third-order valence-corrected chi connectivity index (χ3v) is 7.62. The Morgan fingerprint density at radius 1 is 0.974 bits per heavy atom. The molecule has 1 unspecified atom stereocenters. The van der Waals surface area contributed by atoms with Crippen molar-refractivity contribution in [1.29, 1.82) is 0 Å². The molecule has 1 aromatic heterocycles. The number of piperazine rings is 1. The molecular formula is C31H36N6O2. The van der Waals surface area contributed by atoms with Crippen molar-refractivity contribution in [1.82, 2.24) is 19.8 Å². The minimum Gasteiger partial charge on any atom is -0.369 e. The van der Waals surface area contributed by atoms with E-state index in [0.717, 1.165) is 27.6 Å². The smallest absolute Gasteiger partial charge is 0.240 e. The molecule has 202 valence electrons. The Balaban J connectivity index is 1.31. The number of carbonyl (C=O) groups excluding carboxylic acids is 2. The van der Waals surface area contributed by atoms with Crippen molar-refractivity contribution in [3.05, 3.63) is 95.8 Å². The van der Waals surface area contributed by atoms with Gasteiger partial charge in [-0.2, -0.15) is 0 Å². The molecule has 8 heteroatoms. The number of nitrogens with zero attached hydrogens (tertiary/aromatic N) is 3. The molecule has 3 atom stereocenters. The van der Waals surface area contributed by atoms with E-state index in [0.29, 0.717) is 44.7 Å². The predicted octanol–water partition coefficient (Wildman–Crippen LogP) is 3.32. The highest BCUT2D eigenvalue weighted by Gasteiger charge is 2.37. The van der Waals surface area contributed by atoms with Gasteiger partial charge in [0.15, 0.2) is 5.95 Å². The standard InChI is InChI=1S/C31H36N6O2/c1-21-19-37(30(39)28(32)16-22-7-3-2-4-8-22)27(14-13-26-18-34-31(33)35-26)20-36(21)29(38)17-23-11-12-24-9-5-6-10-25(24)15-23/h2-12,15,18,21,27-28H,13-14,16-17,19-20,32H2,1H3,(H3,33,34,35)/t21-,27+,28?/m1/s1. The van der Waals surface area contributed by atoms with Crippen molar-refractivity contribution in [2.75, 3.05) is 18.8 Å². The lowest BCUT2D eigenvalue weighted by atomic mass is 9.98. The second-order valence-corrected chi connectivity index (χ2v) is 10.5. The van der Waals surface area contributed by atoms with Gasteiger partial charge in [0, 0.05) is 30.9 Å². The van der Waals surface area contributed by atoms with Gasteiger partial charge < -0.3 is 26.3 Å². The lowest BCUT2D eigenvalue weighted by Crippen LogP contribution is -2.63. The van der Waals surface area contributed by atoms with Crippen molar-refractivity contribution in [3.8, 4) is 0 Å². The zero-order chi connectivity index (χ0) is 27.4. The second kappa shape index (κ2) is 11.7. The number of nitrogen functional groups attached to an aromatic ring is 1. The fourth-order valence-electron chi connectivity index (χ4n) is 5.52. The first kappa shape index (κ1) is 26.4. The molecule has 0 saturated carbocycles. The minimum atomic E-state index is -0.648. The molecule has 5 rings (SSSR count). The first-order valence-electron chi connectivity index (χ1n) is 13.5. The molecule has 8 nitrogen and oxygen atoms in total. The van der Waals surface area contributed by atoms with Gasteiger partial charge in [-0.1, -0.05) is 72.8 Å². The van der Waals surface area contributed by atoms with Crippen molar-refractivity contribution in [2.24, 2.45) is 5.73 Å². The van der Waals surface area contributed by atoms with Gasteiger partial charge in [-0.25, -0.2) is 4.98 Å². The maximum atomic E-state index is 13.6. The number of hydrogen-bond acceptors (Lipinski definition) is 5. The number of imidazole rings is 1. The summed E-state index contributed by atoms with van der Waals surface area (Å²) < 4.78 is 0. The largest absolute Gasteiger partial charge is 0.369 e. The van der Waals surface area contributed by atoms with Crippen molar-refractivity contribution < 1.29 is 9.59 Å². The number of amides is 2. The van der Waals surface area contributed by atoms with E-state index in [1.807, 2.05) is 65.3 Å². The van der Waals surface area contributed by atoms with Crippen LogP contribution in [-0.2, 0) is 28.9 Å². The molecule has 1 saturated heterocycles. The highest BCUT2D eigenvalue weighted by Crippen LogP contribution is 2.23. The number of nitrogens with two attached hydrogens (primary N) is 2. The summed E-state index contributed by atoms with van der Waals surface area (Å²) in [6.45, 7) is 2.91. The third kappa shape index (κ3) is 6.29. The van der Waals surface area contributed by atoms with Gasteiger partial charge in [0.2, 0.25) is 11.8 Å². The number of fused-ring (bicyclic) bond motifs is 1. The second-order valence-electron chi connectivity index (χ2n) is 10.5. The monoisotopic (exact) mass is 524 g/mol. The maximum absolute atomic E-state index is 13.6. The quantitative estimate of drug-likeness (QED) is 0.327. The van der Waals surface area contributed by atoms with Crippen LogP contribution in [0.5, 0.6) is 0 Å². The molecule has 4 aromatic rings. The normalized spacial score (nSPS) is 18.3. The molecule has 0 spiro atoms. The predicted molar refractivity (Wildman–Crippen MR) is 154 cm³/mol. The fourth-order valence-corrected chi connectivity index (χ4v) is 5.52. The van der Waals surface area contributed by atoms with Crippen LogP contribution >= 0.6 is 0 Å². The van der Waals surface area contributed by atoms with Crippen LogP contribution in [0.2, 0.25) is 0 Å². The summed E-state index contributed by atoms with van der Waals surface area (Å²) in [5, 5.41) is 2.27. The summed E-state index contributed by atoms with van der Waals surface area (Å²) in [7, 11) is 0. The number of anilines is 1. The summed E-state index contributed by atoms with van der Waals surface area (Å²) in [5.74, 6) is 0.350. The molecule has 39 heavy (non-hydrogen) atoms. The van der Waals surface area contributed by atoms with Crippen LogP contribution in [0.4, 0.5) is 5.95 Å². The molecule has 2 amide bonds. The number of aromatic nitrogens is 2. The first-order valence-corrected chi connectivity index (χ1v) is 13.5. The molecule has 2 heterocycles. The van der Waals surface area contributed by atoms with Crippen LogP contribution in [0.25, 0.3) is 10.8 Å². The zero-order valence-corrected chi connectivity index (χ0v) is 22.3. The molecule has 1 aliphatic heterocycles. The first-order chi connectivity index (χ1) is 18.9. The minimum absolute atomic E-state index is 0.0641. The highest BCUT2D eigenvalue weighted by molar-refractivity contribution is 5.86. The van der Waals surface area contributed by atoms with Crippen LogP contribution in [-0.4, -0.2) is 62.8 Å². The highest BCUT2D eigenvalue weighted by atomic mass is 16.2. The van der Waals surface area contributed by atoms with Crippen LogP contribution in [0.3, 0.4) is 0 Å². The van der Waals surface area contributed by atoms with Crippen LogP contribution in [0.1, 0.15) is 30.2 Å². The van der Waals surface area contributed by atoms with Gasteiger partial charge in [0.25, 0.3) is 0 Å². The molecule has 3 aromatic carbocycles. The summed E-state index contributed by atoms with van der Waals surface area (Å²) in [4.78, 5) is 38.1. The Bertz CT molecular complexity index is 1440. The lowest BCUT2D eigenvalue weighted by Gasteiger charge is -2.46. The van der Waals surface area contributed by atoms with Crippen molar-refractivity contribution in [3.63, 3.8) is 0 Å². The van der Waals surface area contributed by atoms with Gasteiger partial charge in [-0.05, 0) is 48.1 Å². The number of carbonyl (C=O) groups is 2. The SMILES string of the molecule is C[C@@H]1CN(C(=O)C(N)Cc2ccccc2)[C@@H](CCc2cnc(N)[nH]2)CN1C(=O)Cc1ccc2ccccc2c1. The van der Waals surface area contributed by atoms with E-state index in [4.69, 9.17) is 11.5 Å². The molecular weight excluding hydrogens is 488 g/mol. The molecule has 1 fully saturated rings. The number of hydrogen-bond donors (Lipinski definition) is 3. The average Bonchev–Trinajstić information content (AvgIpc) is 3.37. The number of benzene rings is 3. The number of aromatic amines is 1. The van der Waals surface area contributed by atoms with E-state index in [1.165, 1.54) is 0 Å². The number of aryl methyl sites for hydroxylation is 1. The van der Waals surface area contributed by atoms with Crippen molar-refractivity contribution in [2.45, 2.75) is 50.7 Å². The van der Waals surface area contributed by atoms with E-state index < -0.39 is 6.04 Å². The molecule has 5 N–H and O–H groups in total. The van der Waals surface area contributed by atoms with Gasteiger partial charge in [0.05, 0.1) is 18.7 Å². The molecule has 0 radical (unpaired) electrons. The van der Waals surface area contributed by atoms with Gasteiger partial charge >= 0.3 is 0 Å². The van der Waals surface area contributed by atoms with Crippen LogP contribution in [0, 0.1) is 0 Å². The third-order valence-electron chi connectivity index (χ3n) is 7.62. The average molecular weight is 525 g/mol. The Labute approximate surface area is 229 Å². The van der Waals surface area contributed by atoms with E-state index >= 15 is 0 Å². The van der Waals surface area contributed by atoms with Gasteiger partial charge in [-0.15, -0.1) is 0 Å². The van der Waals surface area contributed by atoms with Crippen LogP contribution in [0.15, 0.2) is 79.0 Å². The Morgan fingerprint density at radius 3 is 2.46 bits per heavy atom. The summed E-state index contributed by atoms with van der Waals surface area (Å²) in [5.41, 5.74) is 15.1. The van der Waals surface area contributed by atoms with Gasteiger partial charge in [0.1, 0.15) is 0 Å². The number of rotatable bonds is 8. The Hall–Kier alpha value is -4.17.